The smallest absolute Gasteiger partial charge is 0.318 e. The number of anilines is 1. The number of benzene rings is 2. The maximum Gasteiger partial charge on any atom is 0.416 e. The average molecular weight is 320 g/mol. The van der Waals surface area contributed by atoms with Gasteiger partial charge in [0.05, 0.1) is 11.6 Å². The summed E-state index contributed by atoms with van der Waals surface area (Å²) in [7, 11) is 0. The van der Waals surface area contributed by atoms with Gasteiger partial charge in [-0.15, -0.1) is 0 Å². The highest BCUT2D eigenvalue weighted by molar-refractivity contribution is 6.05. The lowest BCUT2D eigenvalue weighted by molar-refractivity contribution is -0.137. The van der Waals surface area contributed by atoms with Crippen LogP contribution in [0.25, 0.3) is 0 Å². The molecule has 3 rings (SSSR count). The fraction of sp³-hybridized carbons (Fsp3) is 0.235. The SMILES string of the molecule is Cc1ccc(C2C(N)C(=O)N2c2cccc(C(F)(F)F)c2)cc1. The third-order valence-corrected chi connectivity index (χ3v) is 4.01. The molecule has 1 aliphatic rings. The molecule has 120 valence electrons. The van der Waals surface area contributed by atoms with Crippen molar-refractivity contribution < 1.29 is 18.0 Å². The van der Waals surface area contributed by atoms with Crippen molar-refractivity contribution in [2.75, 3.05) is 4.90 Å². The van der Waals surface area contributed by atoms with E-state index in [-0.39, 0.29) is 11.6 Å². The second-order valence-corrected chi connectivity index (χ2v) is 5.64. The first kappa shape index (κ1) is 15.6. The summed E-state index contributed by atoms with van der Waals surface area (Å²) >= 11 is 0. The van der Waals surface area contributed by atoms with Crippen molar-refractivity contribution >= 4 is 11.6 Å². The molecule has 6 heteroatoms. The molecule has 2 N–H and O–H groups in total. The Kier molecular flexibility index (Phi) is 3.64. The number of nitrogens with zero attached hydrogens (tertiary/aromatic N) is 1. The molecule has 2 aromatic carbocycles. The van der Waals surface area contributed by atoms with Crippen LogP contribution in [0.1, 0.15) is 22.7 Å². The van der Waals surface area contributed by atoms with Gasteiger partial charge >= 0.3 is 6.18 Å². The lowest BCUT2D eigenvalue weighted by Gasteiger charge is -2.45. The Hall–Kier alpha value is -2.34. The molecular formula is C17H15F3N2O. The fourth-order valence-electron chi connectivity index (χ4n) is 2.75. The predicted octanol–water partition coefficient (Wildman–Crippen LogP) is 3.43. The van der Waals surface area contributed by atoms with Gasteiger partial charge in [-0.1, -0.05) is 35.9 Å². The average Bonchev–Trinajstić information content (AvgIpc) is 2.52. The Balaban J connectivity index is 1.98. The number of hydrogen-bond donors (Lipinski definition) is 1. The van der Waals surface area contributed by atoms with Gasteiger partial charge in [0.25, 0.3) is 0 Å². The van der Waals surface area contributed by atoms with E-state index >= 15 is 0 Å². The summed E-state index contributed by atoms with van der Waals surface area (Å²) in [5.74, 6) is -0.380. The van der Waals surface area contributed by atoms with Crippen molar-refractivity contribution in [3.8, 4) is 0 Å². The number of rotatable bonds is 2. The number of β-lactam (4-membered cyclic amide) rings is 1. The number of carbonyl (C=O) groups excluding carboxylic acids is 1. The van der Waals surface area contributed by atoms with Crippen LogP contribution in [0, 0.1) is 6.92 Å². The van der Waals surface area contributed by atoms with Gasteiger partial charge in [-0.2, -0.15) is 13.2 Å². The van der Waals surface area contributed by atoms with Gasteiger partial charge in [0.15, 0.2) is 0 Å². The summed E-state index contributed by atoms with van der Waals surface area (Å²) in [5, 5.41) is 0. The third kappa shape index (κ3) is 2.70. The molecule has 2 atom stereocenters. The largest absolute Gasteiger partial charge is 0.416 e. The lowest BCUT2D eigenvalue weighted by Crippen LogP contribution is -2.63. The third-order valence-electron chi connectivity index (χ3n) is 4.01. The number of alkyl halides is 3. The summed E-state index contributed by atoms with van der Waals surface area (Å²) < 4.78 is 38.6. The van der Waals surface area contributed by atoms with Crippen molar-refractivity contribution in [2.45, 2.75) is 25.2 Å². The minimum absolute atomic E-state index is 0.206. The van der Waals surface area contributed by atoms with E-state index in [0.29, 0.717) is 0 Å². The first-order valence-electron chi connectivity index (χ1n) is 7.11. The molecule has 2 aromatic rings. The molecule has 1 amide bonds. The van der Waals surface area contributed by atoms with Gasteiger partial charge in [-0.3, -0.25) is 4.79 Å². The minimum atomic E-state index is -4.45. The van der Waals surface area contributed by atoms with E-state index in [9.17, 15) is 18.0 Å². The van der Waals surface area contributed by atoms with Crippen molar-refractivity contribution in [1.82, 2.24) is 0 Å². The molecule has 0 aliphatic carbocycles. The number of carbonyl (C=O) groups is 1. The van der Waals surface area contributed by atoms with Crippen LogP contribution < -0.4 is 10.6 Å². The number of amides is 1. The summed E-state index contributed by atoms with van der Waals surface area (Å²) in [6.45, 7) is 1.93. The Bertz CT molecular complexity index is 740. The zero-order valence-electron chi connectivity index (χ0n) is 12.3. The van der Waals surface area contributed by atoms with Crippen molar-refractivity contribution in [2.24, 2.45) is 5.73 Å². The highest BCUT2D eigenvalue weighted by Gasteiger charge is 2.47. The van der Waals surface area contributed by atoms with E-state index in [1.165, 1.54) is 17.0 Å². The van der Waals surface area contributed by atoms with Crippen molar-refractivity contribution in [1.29, 1.82) is 0 Å². The molecule has 0 bridgehead atoms. The number of halogens is 3. The minimum Gasteiger partial charge on any atom is -0.318 e. The quantitative estimate of drug-likeness (QED) is 0.862. The predicted molar refractivity (Wildman–Crippen MR) is 80.8 cm³/mol. The van der Waals surface area contributed by atoms with Gasteiger partial charge in [-0.25, -0.2) is 0 Å². The van der Waals surface area contributed by atoms with Crippen LogP contribution in [0.2, 0.25) is 0 Å². The van der Waals surface area contributed by atoms with Crippen LogP contribution in [0.5, 0.6) is 0 Å². The first-order valence-corrected chi connectivity index (χ1v) is 7.11. The van der Waals surface area contributed by atoms with Gasteiger partial charge in [0.1, 0.15) is 6.04 Å². The Morgan fingerprint density at radius 3 is 2.35 bits per heavy atom. The zero-order valence-corrected chi connectivity index (χ0v) is 12.3. The van der Waals surface area contributed by atoms with Crippen molar-refractivity contribution in [3.63, 3.8) is 0 Å². The zero-order chi connectivity index (χ0) is 16.8. The second kappa shape index (κ2) is 5.38. The first-order chi connectivity index (χ1) is 10.8. The molecule has 0 aromatic heterocycles. The van der Waals surface area contributed by atoms with Crippen LogP contribution in [0.4, 0.5) is 18.9 Å². The highest BCUT2D eigenvalue weighted by Crippen LogP contribution is 2.40. The molecular weight excluding hydrogens is 305 g/mol. The maximum absolute atomic E-state index is 12.9. The summed E-state index contributed by atoms with van der Waals surface area (Å²) in [5.41, 5.74) is 7.15. The van der Waals surface area contributed by atoms with Crippen molar-refractivity contribution in [3.05, 3.63) is 65.2 Å². The van der Waals surface area contributed by atoms with Gasteiger partial charge in [0.2, 0.25) is 5.91 Å². The van der Waals surface area contributed by atoms with E-state index in [0.717, 1.165) is 23.3 Å². The Labute approximate surface area is 131 Å². The van der Waals surface area contributed by atoms with Crippen LogP contribution in [0.15, 0.2) is 48.5 Å². The fourth-order valence-corrected chi connectivity index (χ4v) is 2.75. The Morgan fingerprint density at radius 2 is 1.74 bits per heavy atom. The van der Waals surface area contributed by atoms with Crippen LogP contribution in [-0.2, 0) is 11.0 Å². The molecule has 2 unspecified atom stereocenters. The van der Waals surface area contributed by atoms with Crippen LogP contribution in [0.3, 0.4) is 0 Å². The molecule has 0 saturated carbocycles. The lowest BCUT2D eigenvalue weighted by atomic mass is 9.88. The van der Waals surface area contributed by atoms with Gasteiger partial charge < -0.3 is 10.6 Å². The molecule has 1 saturated heterocycles. The summed E-state index contributed by atoms with van der Waals surface area (Å²) in [6.07, 6.45) is -4.45. The number of nitrogens with two attached hydrogens (primary N) is 1. The Morgan fingerprint density at radius 1 is 1.09 bits per heavy atom. The molecule has 3 nitrogen and oxygen atoms in total. The second-order valence-electron chi connectivity index (χ2n) is 5.64. The van der Waals surface area contributed by atoms with Gasteiger partial charge in [-0.05, 0) is 30.7 Å². The monoisotopic (exact) mass is 320 g/mol. The van der Waals surface area contributed by atoms with Crippen LogP contribution >= 0.6 is 0 Å². The number of hydrogen-bond acceptors (Lipinski definition) is 2. The van der Waals surface area contributed by atoms with E-state index in [1.807, 2.05) is 31.2 Å². The number of aryl methyl sites for hydroxylation is 1. The van der Waals surface area contributed by atoms with E-state index < -0.39 is 23.8 Å². The van der Waals surface area contributed by atoms with Gasteiger partial charge in [0, 0.05) is 5.69 Å². The normalized spacial score (nSPS) is 21.3. The van der Waals surface area contributed by atoms with Crippen LogP contribution in [-0.4, -0.2) is 11.9 Å². The molecule has 1 heterocycles. The summed E-state index contributed by atoms with van der Waals surface area (Å²) in [4.78, 5) is 13.4. The molecule has 1 fully saturated rings. The van der Waals surface area contributed by atoms with E-state index in [2.05, 4.69) is 0 Å². The maximum atomic E-state index is 12.9. The topological polar surface area (TPSA) is 46.3 Å². The molecule has 1 aliphatic heterocycles. The molecule has 0 radical (unpaired) electrons. The standard InChI is InChI=1S/C17H15F3N2O/c1-10-5-7-11(8-6-10)15-14(21)16(23)22(15)13-4-2-3-12(9-13)17(18,19)20/h2-9,14-15H,21H2,1H3. The van der Waals surface area contributed by atoms with E-state index in [4.69, 9.17) is 5.73 Å². The highest BCUT2D eigenvalue weighted by atomic mass is 19.4. The molecule has 0 spiro atoms. The van der Waals surface area contributed by atoms with E-state index in [1.54, 1.807) is 0 Å². The summed E-state index contributed by atoms with van der Waals surface area (Å²) in [6, 6.07) is 11.0. The molecule has 23 heavy (non-hydrogen) atoms.